The van der Waals surface area contributed by atoms with Crippen LogP contribution >= 0.6 is 0 Å². The van der Waals surface area contributed by atoms with Gasteiger partial charge >= 0.3 is 0 Å². The minimum absolute atomic E-state index is 0.0103. The Kier molecular flexibility index (Phi) is 3.14. The van der Waals surface area contributed by atoms with E-state index in [2.05, 4.69) is 5.32 Å². The van der Waals surface area contributed by atoms with Gasteiger partial charge in [0.25, 0.3) is 0 Å². The predicted molar refractivity (Wildman–Crippen MR) is 46.3 cm³/mol. The number of aromatic hydroxyl groups is 1. The van der Waals surface area contributed by atoms with Crippen LogP contribution in [-0.2, 0) is 0 Å². The smallest absolute Gasteiger partial charge is 0.187 e. The molecule has 0 heterocycles. The third-order valence-electron chi connectivity index (χ3n) is 1.68. The largest absolute Gasteiger partial charge is 0.503 e. The van der Waals surface area contributed by atoms with Gasteiger partial charge in [-0.15, -0.1) is 0 Å². The predicted octanol–water partition coefficient (Wildman–Crippen LogP) is 1.07. The zero-order valence-electron chi connectivity index (χ0n) is 7.47. The van der Waals surface area contributed by atoms with Crippen LogP contribution in [0.25, 0.3) is 0 Å². The zero-order chi connectivity index (χ0) is 10.7. The Balaban J connectivity index is 3.06. The maximum Gasteiger partial charge on any atom is 0.187 e. The zero-order valence-corrected chi connectivity index (χ0v) is 7.47. The molecule has 3 nitrogen and oxygen atoms in total. The summed E-state index contributed by atoms with van der Waals surface area (Å²) in [5.74, 6) is -3.77. The van der Waals surface area contributed by atoms with Crippen LogP contribution in [0, 0.1) is 11.6 Å². The molecule has 0 saturated heterocycles. The summed E-state index contributed by atoms with van der Waals surface area (Å²) in [7, 11) is 1.55. The number of carbonyl (C=O) groups is 1. The highest BCUT2D eigenvalue weighted by atomic mass is 19.1. The standard InChI is InChI=1S/C9H9F2NO2/c1-12-4-8(13)5-2-6(10)9(14)7(11)3-5/h2-3,12,14H,4H2,1H3. The second-order valence-electron chi connectivity index (χ2n) is 2.74. The first-order valence-corrected chi connectivity index (χ1v) is 3.92. The normalized spacial score (nSPS) is 10.2. The molecule has 0 unspecified atom stereocenters. The number of rotatable bonds is 3. The Morgan fingerprint density at radius 2 is 1.93 bits per heavy atom. The number of phenols is 1. The van der Waals surface area contributed by atoms with E-state index in [9.17, 15) is 13.6 Å². The monoisotopic (exact) mass is 201 g/mol. The minimum atomic E-state index is -1.13. The molecule has 0 spiro atoms. The Bertz CT molecular complexity index is 343. The number of phenolic OH excluding ortho intramolecular Hbond substituents is 1. The van der Waals surface area contributed by atoms with Gasteiger partial charge in [0.15, 0.2) is 23.2 Å². The van der Waals surface area contributed by atoms with E-state index in [0.29, 0.717) is 0 Å². The number of ketones is 1. The maximum absolute atomic E-state index is 12.8. The molecule has 14 heavy (non-hydrogen) atoms. The Labute approximate surface area is 79.4 Å². The molecule has 0 aromatic heterocycles. The highest BCUT2D eigenvalue weighted by molar-refractivity contribution is 5.97. The molecule has 1 aromatic carbocycles. The lowest BCUT2D eigenvalue weighted by molar-refractivity contribution is 0.0992. The third-order valence-corrected chi connectivity index (χ3v) is 1.68. The molecule has 0 aliphatic heterocycles. The molecular weight excluding hydrogens is 192 g/mol. The average molecular weight is 201 g/mol. The van der Waals surface area contributed by atoms with Crippen molar-refractivity contribution in [3.63, 3.8) is 0 Å². The van der Waals surface area contributed by atoms with E-state index >= 15 is 0 Å². The number of Topliss-reactive ketones (excluding diaryl/α,β-unsaturated/α-hetero) is 1. The van der Waals surface area contributed by atoms with Crippen molar-refractivity contribution in [3.8, 4) is 5.75 Å². The van der Waals surface area contributed by atoms with Crippen molar-refractivity contribution in [3.05, 3.63) is 29.3 Å². The number of halogens is 2. The van der Waals surface area contributed by atoms with Gasteiger partial charge in [-0.05, 0) is 19.2 Å². The number of hydrogen-bond acceptors (Lipinski definition) is 3. The maximum atomic E-state index is 12.8. The van der Waals surface area contributed by atoms with Crippen LogP contribution in [0.2, 0.25) is 0 Å². The number of carbonyl (C=O) groups excluding carboxylic acids is 1. The summed E-state index contributed by atoms with van der Waals surface area (Å²) < 4.78 is 25.6. The summed E-state index contributed by atoms with van der Waals surface area (Å²) >= 11 is 0. The highest BCUT2D eigenvalue weighted by Crippen LogP contribution is 2.21. The lowest BCUT2D eigenvalue weighted by atomic mass is 10.1. The molecular formula is C9H9F2NO2. The van der Waals surface area contributed by atoms with Gasteiger partial charge in [-0.3, -0.25) is 4.79 Å². The van der Waals surface area contributed by atoms with E-state index in [1.165, 1.54) is 0 Å². The van der Waals surface area contributed by atoms with Crippen molar-refractivity contribution in [2.45, 2.75) is 0 Å². The van der Waals surface area contributed by atoms with Crippen molar-refractivity contribution in [1.82, 2.24) is 5.32 Å². The summed E-state index contributed by atoms with van der Waals surface area (Å²) in [5.41, 5.74) is -0.104. The lowest BCUT2D eigenvalue weighted by Gasteiger charge is -2.02. The molecule has 5 heteroatoms. The topological polar surface area (TPSA) is 49.3 Å². The molecule has 76 valence electrons. The van der Waals surface area contributed by atoms with Crippen molar-refractivity contribution >= 4 is 5.78 Å². The van der Waals surface area contributed by atoms with Gasteiger partial charge in [0.1, 0.15) is 0 Å². The Hall–Kier alpha value is -1.49. The van der Waals surface area contributed by atoms with Crippen molar-refractivity contribution in [1.29, 1.82) is 0 Å². The van der Waals surface area contributed by atoms with Crippen molar-refractivity contribution in [2.24, 2.45) is 0 Å². The molecule has 1 aromatic rings. The molecule has 0 fully saturated rings. The summed E-state index contributed by atoms with van der Waals surface area (Å²) in [5, 5.41) is 11.3. The van der Waals surface area contributed by atoms with Crippen LogP contribution in [0.1, 0.15) is 10.4 Å². The first-order chi connectivity index (χ1) is 6.56. The first-order valence-electron chi connectivity index (χ1n) is 3.92. The Morgan fingerprint density at radius 1 is 1.43 bits per heavy atom. The molecule has 2 N–H and O–H groups in total. The number of nitrogens with one attached hydrogen (secondary N) is 1. The van der Waals surface area contributed by atoms with Crippen molar-refractivity contribution < 1.29 is 18.7 Å². The van der Waals surface area contributed by atoms with E-state index in [4.69, 9.17) is 5.11 Å². The van der Waals surface area contributed by atoms with Gasteiger partial charge in [0.2, 0.25) is 0 Å². The summed E-state index contributed by atoms with van der Waals surface area (Å²) in [6.45, 7) is -0.0103. The molecule has 0 radical (unpaired) electrons. The Morgan fingerprint density at radius 3 is 2.36 bits per heavy atom. The van der Waals surface area contributed by atoms with Gasteiger partial charge < -0.3 is 10.4 Å². The van der Waals surface area contributed by atoms with Crippen LogP contribution < -0.4 is 5.32 Å². The van der Waals surface area contributed by atoms with Crippen LogP contribution in [-0.4, -0.2) is 24.5 Å². The highest BCUT2D eigenvalue weighted by Gasteiger charge is 2.13. The van der Waals surface area contributed by atoms with E-state index < -0.39 is 23.2 Å². The molecule has 0 aliphatic carbocycles. The van der Waals surface area contributed by atoms with E-state index in [0.717, 1.165) is 12.1 Å². The average Bonchev–Trinajstić information content (AvgIpc) is 2.13. The van der Waals surface area contributed by atoms with Crippen LogP contribution in [0.5, 0.6) is 5.75 Å². The molecule has 0 atom stereocenters. The van der Waals surface area contributed by atoms with E-state index in [-0.39, 0.29) is 12.1 Å². The summed E-state index contributed by atoms with van der Waals surface area (Å²) in [6, 6.07) is 1.61. The molecule has 0 aliphatic rings. The third kappa shape index (κ3) is 2.05. The van der Waals surface area contributed by atoms with Crippen LogP contribution in [0.4, 0.5) is 8.78 Å². The first kappa shape index (κ1) is 10.6. The van der Waals surface area contributed by atoms with Gasteiger partial charge in [-0.1, -0.05) is 0 Å². The van der Waals surface area contributed by atoms with E-state index in [1.54, 1.807) is 7.05 Å². The minimum Gasteiger partial charge on any atom is -0.503 e. The number of likely N-dealkylation sites (N-methyl/N-ethyl adjacent to an activating group) is 1. The SMILES string of the molecule is CNCC(=O)c1cc(F)c(O)c(F)c1. The van der Waals surface area contributed by atoms with Crippen LogP contribution in [0.15, 0.2) is 12.1 Å². The second-order valence-corrected chi connectivity index (χ2v) is 2.74. The van der Waals surface area contributed by atoms with E-state index in [1.807, 2.05) is 0 Å². The number of hydrogen-bond donors (Lipinski definition) is 2. The quantitative estimate of drug-likeness (QED) is 0.719. The number of benzene rings is 1. The van der Waals surface area contributed by atoms with Gasteiger partial charge in [-0.25, -0.2) is 8.78 Å². The fraction of sp³-hybridized carbons (Fsp3) is 0.222. The molecule has 1 rings (SSSR count). The van der Waals surface area contributed by atoms with Gasteiger partial charge in [0.05, 0.1) is 6.54 Å². The molecule has 0 bridgehead atoms. The fourth-order valence-corrected chi connectivity index (χ4v) is 0.989. The van der Waals surface area contributed by atoms with Gasteiger partial charge in [0, 0.05) is 5.56 Å². The molecule has 0 saturated carbocycles. The van der Waals surface area contributed by atoms with Crippen LogP contribution in [0.3, 0.4) is 0 Å². The molecule has 0 amide bonds. The van der Waals surface area contributed by atoms with Gasteiger partial charge in [-0.2, -0.15) is 0 Å². The van der Waals surface area contributed by atoms with Crippen molar-refractivity contribution in [2.75, 3.05) is 13.6 Å². The lowest BCUT2D eigenvalue weighted by Crippen LogP contribution is -2.18. The summed E-state index contributed by atoms with van der Waals surface area (Å²) in [4.78, 5) is 11.2. The fourth-order valence-electron chi connectivity index (χ4n) is 0.989. The second kappa shape index (κ2) is 4.15. The summed E-state index contributed by atoms with van der Waals surface area (Å²) in [6.07, 6.45) is 0.